The summed E-state index contributed by atoms with van der Waals surface area (Å²) in [5.74, 6) is -0.212. The summed E-state index contributed by atoms with van der Waals surface area (Å²) in [5, 5.41) is 10.5. The van der Waals surface area contributed by atoms with Crippen molar-refractivity contribution in [3.8, 4) is 0 Å². The van der Waals surface area contributed by atoms with E-state index in [1.54, 1.807) is 4.90 Å². The number of nitrogens with zero attached hydrogens (tertiary/aromatic N) is 2. The summed E-state index contributed by atoms with van der Waals surface area (Å²) < 4.78 is 9.64. The molecule has 0 saturated heterocycles. The Labute approximate surface area is 104 Å². The van der Waals surface area contributed by atoms with Crippen LogP contribution in [0.3, 0.4) is 0 Å². The Balaban J connectivity index is 2.70. The maximum Gasteiger partial charge on any atom is 0.433 e. The fourth-order valence-electron chi connectivity index (χ4n) is 1.40. The number of methoxy groups -OCH3 is 1. The Morgan fingerprint density at radius 2 is 2.22 bits per heavy atom. The first-order valence-corrected chi connectivity index (χ1v) is 5.48. The molecular weight excluding hydrogens is 240 g/mol. The van der Waals surface area contributed by atoms with Gasteiger partial charge in [-0.2, -0.15) is 0 Å². The molecule has 0 aliphatic rings. The summed E-state index contributed by atoms with van der Waals surface area (Å²) in [6.07, 6.45) is 0. The van der Waals surface area contributed by atoms with Gasteiger partial charge in [-0.25, -0.2) is 0 Å². The highest BCUT2D eigenvalue weighted by Gasteiger charge is 2.18. The quantitative estimate of drug-likeness (QED) is 0.436. The smallest absolute Gasteiger partial charge is 0.433 e. The van der Waals surface area contributed by atoms with Crippen molar-refractivity contribution in [1.82, 2.24) is 4.90 Å². The van der Waals surface area contributed by atoms with Gasteiger partial charge in [0.2, 0.25) is 0 Å². The predicted molar refractivity (Wildman–Crippen MR) is 62.9 cm³/mol. The minimum atomic E-state index is -0.594. The molecule has 0 atom stereocenters. The number of carbonyl (C=O) groups excluding carboxylic acids is 1. The van der Waals surface area contributed by atoms with Gasteiger partial charge in [0.05, 0.1) is 26.3 Å². The SMILES string of the molecule is COC(=O)CN(Cc1ccc([N+](=O)[O-])o1)C(C)C. The monoisotopic (exact) mass is 256 g/mol. The lowest BCUT2D eigenvalue weighted by Crippen LogP contribution is -2.35. The van der Waals surface area contributed by atoms with Crippen LogP contribution in [-0.2, 0) is 16.1 Å². The summed E-state index contributed by atoms with van der Waals surface area (Å²) in [4.78, 5) is 22.9. The summed E-state index contributed by atoms with van der Waals surface area (Å²) >= 11 is 0. The predicted octanol–water partition coefficient (Wildman–Crippen LogP) is 1.57. The maximum atomic E-state index is 11.2. The van der Waals surface area contributed by atoms with Gasteiger partial charge in [0, 0.05) is 6.04 Å². The molecule has 0 fully saturated rings. The lowest BCUT2D eigenvalue weighted by Gasteiger charge is -2.23. The minimum absolute atomic E-state index is 0.0910. The van der Waals surface area contributed by atoms with Crippen LogP contribution in [0, 0.1) is 10.1 Å². The maximum absolute atomic E-state index is 11.2. The van der Waals surface area contributed by atoms with E-state index >= 15 is 0 Å². The number of rotatable bonds is 6. The minimum Gasteiger partial charge on any atom is -0.468 e. The lowest BCUT2D eigenvalue weighted by molar-refractivity contribution is -0.402. The van der Waals surface area contributed by atoms with Crippen LogP contribution in [0.4, 0.5) is 5.88 Å². The number of nitro groups is 1. The van der Waals surface area contributed by atoms with E-state index in [2.05, 4.69) is 4.74 Å². The van der Waals surface area contributed by atoms with Gasteiger partial charge in [0.25, 0.3) is 0 Å². The molecule has 0 spiro atoms. The number of furan rings is 1. The van der Waals surface area contributed by atoms with Crippen molar-refractivity contribution in [2.45, 2.75) is 26.4 Å². The fourth-order valence-corrected chi connectivity index (χ4v) is 1.40. The topological polar surface area (TPSA) is 85.8 Å². The molecule has 1 aromatic heterocycles. The Bertz CT molecular complexity index is 427. The third-order valence-corrected chi connectivity index (χ3v) is 2.48. The third kappa shape index (κ3) is 3.85. The second kappa shape index (κ2) is 6.15. The number of esters is 1. The summed E-state index contributed by atoms with van der Waals surface area (Å²) in [5.41, 5.74) is 0. The van der Waals surface area contributed by atoms with Gasteiger partial charge in [-0.1, -0.05) is 0 Å². The van der Waals surface area contributed by atoms with Gasteiger partial charge in [0.1, 0.15) is 10.7 Å². The Morgan fingerprint density at radius 3 is 2.67 bits per heavy atom. The van der Waals surface area contributed by atoms with Crippen molar-refractivity contribution >= 4 is 11.9 Å². The van der Waals surface area contributed by atoms with Crippen molar-refractivity contribution in [2.75, 3.05) is 13.7 Å². The first kappa shape index (κ1) is 14.2. The fraction of sp³-hybridized carbons (Fsp3) is 0.545. The molecule has 1 heterocycles. The largest absolute Gasteiger partial charge is 0.468 e. The zero-order valence-electron chi connectivity index (χ0n) is 10.6. The van der Waals surface area contributed by atoms with E-state index in [0.29, 0.717) is 12.3 Å². The van der Waals surface area contributed by atoms with Crippen LogP contribution >= 0.6 is 0 Å². The third-order valence-electron chi connectivity index (χ3n) is 2.48. The average Bonchev–Trinajstić information content (AvgIpc) is 2.76. The van der Waals surface area contributed by atoms with Gasteiger partial charge in [-0.05, 0) is 19.9 Å². The molecule has 0 aliphatic heterocycles. The van der Waals surface area contributed by atoms with Crippen molar-refractivity contribution in [3.63, 3.8) is 0 Å². The molecular formula is C11H16N2O5. The second-order valence-corrected chi connectivity index (χ2v) is 4.07. The van der Waals surface area contributed by atoms with Crippen LogP contribution in [0.2, 0.25) is 0 Å². The number of hydrogen-bond acceptors (Lipinski definition) is 6. The van der Waals surface area contributed by atoms with Crippen LogP contribution in [0.15, 0.2) is 16.5 Å². The van der Waals surface area contributed by atoms with E-state index in [-0.39, 0.29) is 24.4 Å². The van der Waals surface area contributed by atoms with Crippen LogP contribution in [0.1, 0.15) is 19.6 Å². The van der Waals surface area contributed by atoms with Gasteiger partial charge in [-0.3, -0.25) is 19.8 Å². The highest BCUT2D eigenvalue weighted by Crippen LogP contribution is 2.18. The molecule has 0 amide bonds. The first-order chi connectivity index (χ1) is 8.43. The molecule has 0 aromatic carbocycles. The molecule has 0 bridgehead atoms. The number of hydrogen-bond donors (Lipinski definition) is 0. The molecule has 1 aromatic rings. The highest BCUT2D eigenvalue weighted by atomic mass is 16.6. The Kier molecular flexibility index (Phi) is 4.85. The molecule has 1 rings (SSSR count). The summed E-state index contributed by atoms with van der Waals surface area (Å²) in [6.45, 7) is 4.27. The van der Waals surface area contributed by atoms with E-state index in [1.165, 1.54) is 19.2 Å². The normalized spacial score (nSPS) is 10.9. The van der Waals surface area contributed by atoms with Gasteiger partial charge >= 0.3 is 11.9 Å². The lowest BCUT2D eigenvalue weighted by atomic mass is 10.3. The van der Waals surface area contributed by atoms with E-state index in [0.717, 1.165) is 0 Å². The van der Waals surface area contributed by atoms with Crippen molar-refractivity contribution < 1.29 is 18.9 Å². The second-order valence-electron chi connectivity index (χ2n) is 4.07. The van der Waals surface area contributed by atoms with E-state index in [9.17, 15) is 14.9 Å². The average molecular weight is 256 g/mol. The van der Waals surface area contributed by atoms with Crippen LogP contribution in [0.5, 0.6) is 0 Å². The molecule has 7 nitrogen and oxygen atoms in total. The molecule has 0 N–H and O–H groups in total. The highest BCUT2D eigenvalue weighted by molar-refractivity contribution is 5.71. The zero-order valence-corrected chi connectivity index (χ0v) is 10.6. The molecule has 18 heavy (non-hydrogen) atoms. The van der Waals surface area contributed by atoms with Gasteiger partial charge in [0.15, 0.2) is 0 Å². The molecule has 100 valence electrons. The van der Waals surface area contributed by atoms with E-state index in [4.69, 9.17) is 4.42 Å². The summed E-state index contributed by atoms with van der Waals surface area (Å²) in [6, 6.07) is 2.92. The Hall–Kier alpha value is -1.89. The van der Waals surface area contributed by atoms with Crippen LogP contribution < -0.4 is 0 Å². The van der Waals surface area contributed by atoms with E-state index < -0.39 is 4.92 Å². The van der Waals surface area contributed by atoms with Crippen molar-refractivity contribution in [2.24, 2.45) is 0 Å². The first-order valence-electron chi connectivity index (χ1n) is 5.48. The van der Waals surface area contributed by atoms with Gasteiger partial charge in [-0.15, -0.1) is 0 Å². The molecule has 0 unspecified atom stereocenters. The van der Waals surface area contributed by atoms with E-state index in [1.807, 2.05) is 13.8 Å². The number of ether oxygens (including phenoxy) is 1. The summed E-state index contributed by atoms with van der Waals surface area (Å²) in [7, 11) is 1.32. The molecule has 0 saturated carbocycles. The van der Waals surface area contributed by atoms with Crippen molar-refractivity contribution in [3.05, 3.63) is 28.0 Å². The van der Waals surface area contributed by atoms with Gasteiger partial charge < -0.3 is 9.15 Å². The van der Waals surface area contributed by atoms with Crippen molar-refractivity contribution in [1.29, 1.82) is 0 Å². The number of carbonyl (C=O) groups is 1. The van der Waals surface area contributed by atoms with Crippen LogP contribution in [0.25, 0.3) is 0 Å². The van der Waals surface area contributed by atoms with Crippen LogP contribution in [-0.4, -0.2) is 35.5 Å². The molecule has 0 aliphatic carbocycles. The molecule has 7 heteroatoms. The standard InChI is InChI=1S/C11H16N2O5/c1-8(2)12(7-11(14)17-3)6-9-4-5-10(18-9)13(15)16/h4-5,8H,6-7H2,1-3H3. The zero-order chi connectivity index (χ0) is 13.7. The molecule has 0 radical (unpaired) electrons. The Morgan fingerprint density at radius 1 is 1.56 bits per heavy atom.